The number of carbonyl (C=O) groups excluding carboxylic acids is 1. The van der Waals surface area contributed by atoms with Crippen LogP contribution in [0.2, 0.25) is 0 Å². The lowest BCUT2D eigenvalue weighted by Gasteiger charge is -2.43. The lowest BCUT2D eigenvalue weighted by Crippen LogP contribution is -2.50. The van der Waals surface area contributed by atoms with Gasteiger partial charge >= 0.3 is 5.97 Å². The second-order valence-electron chi connectivity index (χ2n) is 10.8. The highest BCUT2D eigenvalue weighted by molar-refractivity contribution is 5.93. The van der Waals surface area contributed by atoms with E-state index in [2.05, 4.69) is 32.3 Å². The van der Waals surface area contributed by atoms with Crippen LogP contribution in [0.3, 0.4) is 0 Å². The van der Waals surface area contributed by atoms with E-state index < -0.39 is 11.9 Å². The molecule has 0 bridgehead atoms. The van der Waals surface area contributed by atoms with Crippen molar-refractivity contribution in [2.45, 2.75) is 73.1 Å². The van der Waals surface area contributed by atoms with Gasteiger partial charge in [-0.1, -0.05) is 73.3 Å². The molecular formula is C27H48N2O4. The zero-order valence-electron chi connectivity index (χ0n) is 21.8. The van der Waals surface area contributed by atoms with Crippen LogP contribution in [0.5, 0.6) is 0 Å². The summed E-state index contributed by atoms with van der Waals surface area (Å²) in [5.74, 6) is -0.424. The number of aliphatic carboxylic acids is 1. The first-order valence-corrected chi connectivity index (χ1v) is 13.2. The van der Waals surface area contributed by atoms with E-state index in [9.17, 15) is 14.7 Å². The standard InChI is InChI=1S/C25H42N2O4.C2H6/c1-18(19(2)25(3,4)17-26-10-12-31-13-11-26)23(28)27-15-21(14-22(16-27)24(29)30)20-8-6-5-7-9-20;1-2/h19-22H,1,5-17H2,2-4H3,(H,29,30);1-2H3. The van der Waals surface area contributed by atoms with Gasteiger partial charge in [0.1, 0.15) is 0 Å². The van der Waals surface area contributed by atoms with Crippen LogP contribution in [0.15, 0.2) is 12.2 Å². The number of amides is 1. The summed E-state index contributed by atoms with van der Waals surface area (Å²) >= 11 is 0. The maximum Gasteiger partial charge on any atom is 0.308 e. The van der Waals surface area contributed by atoms with Gasteiger partial charge in [-0.25, -0.2) is 0 Å². The molecule has 33 heavy (non-hydrogen) atoms. The lowest BCUT2D eigenvalue weighted by molar-refractivity contribution is -0.147. The highest BCUT2D eigenvalue weighted by atomic mass is 16.5. The number of rotatable bonds is 7. The molecule has 6 heteroatoms. The summed E-state index contributed by atoms with van der Waals surface area (Å²) in [5, 5.41) is 9.74. The van der Waals surface area contributed by atoms with E-state index in [1.54, 1.807) is 0 Å². The predicted molar refractivity (Wildman–Crippen MR) is 133 cm³/mol. The fourth-order valence-electron chi connectivity index (χ4n) is 5.76. The number of carboxylic acid groups (broad SMARTS) is 1. The number of carbonyl (C=O) groups is 2. The molecule has 0 radical (unpaired) electrons. The number of piperidine rings is 1. The fraction of sp³-hybridized carbons (Fsp3) is 0.852. The first-order chi connectivity index (χ1) is 15.7. The molecule has 3 atom stereocenters. The second kappa shape index (κ2) is 12.9. The van der Waals surface area contributed by atoms with E-state index in [1.807, 2.05) is 18.7 Å². The van der Waals surface area contributed by atoms with E-state index in [-0.39, 0.29) is 17.2 Å². The zero-order chi connectivity index (χ0) is 24.6. The average molecular weight is 465 g/mol. The van der Waals surface area contributed by atoms with Crippen molar-refractivity contribution in [2.75, 3.05) is 45.9 Å². The number of likely N-dealkylation sites (tertiary alicyclic amines) is 1. The molecule has 1 aliphatic carbocycles. The topological polar surface area (TPSA) is 70.1 Å². The molecule has 0 aromatic heterocycles. The van der Waals surface area contributed by atoms with Crippen molar-refractivity contribution < 1.29 is 19.4 Å². The molecule has 3 aliphatic rings. The van der Waals surface area contributed by atoms with Crippen molar-refractivity contribution in [1.29, 1.82) is 0 Å². The highest BCUT2D eigenvalue weighted by Gasteiger charge is 2.40. The Hall–Kier alpha value is -1.40. The Morgan fingerprint density at radius 3 is 2.24 bits per heavy atom. The Labute approximate surface area is 201 Å². The molecule has 1 saturated carbocycles. The Kier molecular flexibility index (Phi) is 10.9. The Morgan fingerprint density at radius 1 is 1.06 bits per heavy atom. The third-order valence-corrected chi connectivity index (χ3v) is 8.14. The summed E-state index contributed by atoms with van der Waals surface area (Å²) in [6, 6.07) is 0. The number of hydrogen-bond acceptors (Lipinski definition) is 4. The summed E-state index contributed by atoms with van der Waals surface area (Å²) < 4.78 is 5.46. The minimum atomic E-state index is -0.774. The van der Waals surface area contributed by atoms with Crippen LogP contribution in [-0.4, -0.2) is 72.7 Å². The van der Waals surface area contributed by atoms with Crippen LogP contribution in [0, 0.1) is 29.1 Å². The van der Waals surface area contributed by atoms with Crippen LogP contribution < -0.4 is 0 Å². The number of hydrogen-bond donors (Lipinski definition) is 1. The molecule has 1 N–H and O–H groups in total. The summed E-state index contributed by atoms with van der Waals surface area (Å²) in [6.07, 6.45) is 6.78. The van der Waals surface area contributed by atoms with Crippen molar-refractivity contribution >= 4 is 11.9 Å². The second-order valence-corrected chi connectivity index (χ2v) is 10.8. The zero-order valence-corrected chi connectivity index (χ0v) is 21.8. The first-order valence-electron chi connectivity index (χ1n) is 13.2. The van der Waals surface area contributed by atoms with Crippen molar-refractivity contribution in [3.8, 4) is 0 Å². The minimum Gasteiger partial charge on any atom is -0.481 e. The molecule has 0 spiro atoms. The average Bonchev–Trinajstić information content (AvgIpc) is 2.84. The lowest BCUT2D eigenvalue weighted by atomic mass is 9.73. The van der Waals surface area contributed by atoms with Gasteiger partial charge in [0, 0.05) is 38.3 Å². The SMILES string of the molecule is C=C(C(=O)N1CC(C(=O)O)CC(C2CCCCC2)C1)C(C)C(C)(C)CN1CCOCC1.CC. The number of ether oxygens (including phenoxy) is 1. The van der Waals surface area contributed by atoms with E-state index in [0.717, 1.165) is 32.8 Å². The van der Waals surface area contributed by atoms with Crippen molar-refractivity contribution in [3.63, 3.8) is 0 Å². The molecule has 190 valence electrons. The summed E-state index contributed by atoms with van der Waals surface area (Å²) in [5.41, 5.74) is 0.515. The maximum absolute atomic E-state index is 13.5. The van der Waals surface area contributed by atoms with Crippen molar-refractivity contribution in [3.05, 3.63) is 12.2 Å². The van der Waals surface area contributed by atoms with Gasteiger partial charge in [-0.2, -0.15) is 0 Å². The number of morpholine rings is 1. The van der Waals surface area contributed by atoms with Crippen molar-refractivity contribution in [1.82, 2.24) is 9.80 Å². The van der Waals surface area contributed by atoms with Crippen LogP contribution in [0.1, 0.15) is 73.1 Å². The Balaban J connectivity index is 0.00000187. The van der Waals surface area contributed by atoms with E-state index in [1.165, 1.54) is 32.1 Å². The summed E-state index contributed by atoms with van der Waals surface area (Å²) in [4.78, 5) is 29.5. The normalized spacial score (nSPS) is 26.2. The molecule has 2 heterocycles. The predicted octanol–water partition coefficient (Wildman–Crippen LogP) is 4.69. The number of carboxylic acids is 1. The molecule has 6 nitrogen and oxygen atoms in total. The monoisotopic (exact) mass is 464 g/mol. The largest absolute Gasteiger partial charge is 0.481 e. The fourth-order valence-corrected chi connectivity index (χ4v) is 5.76. The van der Waals surface area contributed by atoms with Gasteiger partial charge in [0.05, 0.1) is 19.1 Å². The molecule has 3 unspecified atom stereocenters. The van der Waals surface area contributed by atoms with Crippen LogP contribution in [0.4, 0.5) is 0 Å². The first kappa shape index (κ1) is 27.8. The van der Waals surface area contributed by atoms with Crippen LogP contribution in [0.25, 0.3) is 0 Å². The maximum atomic E-state index is 13.5. The van der Waals surface area contributed by atoms with Crippen LogP contribution >= 0.6 is 0 Å². The van der Waals surface area contributed by atoms with Gasteiger partial charge in [0.2, 0.25) is 5.91 Å². The summed E-state index contributed by atoms with van der Waals surface area (Å²) in [7, 11) is 0. The van der Waals surface area contributed by atoms with E-state index >= 15 is 0 Å². The molecule has 3 rings (SSSR count). The molecule has 2 aliphatic heterocycles. The third-order valence-electron chi connectivity index (χ3n) is 8.14. The van der Waals surface area contributed by atoms with Gasteiger partial charge < -0.3 is 14.7 Å². The minimum absolute atomic E-state index is 0.0150. The van der Waals surface area contributed by atoms with Crippen molar-refractivity contribution in [2.24, 2.45) is 29.1 Å². The molecule has 0 aromatic carbocycles. The molecule has 2 saturated heterocycles. The van der Waals surface area contributed by atoms with Gasteiger partial charge in [-0.3, -0.25) is 14.5 Å². The van der Waals surface area contributed by atoms with E-state index in [4.69, 9.17) is 4.74 Å². The highest BCUT2D eigenvalue weighted by Crippen LogP contribution is 2.38. The molecule has 3 fully saturated rings. The quantitative estimate of drug-likeness (QED) is 0.554. The Bertz CT molecular complexity index is 651. The van der Waals surface area contributed by atoms with Gasteiger partial charge in [0.25, 0.3) is 0 Å². The molecule has 1 amide bonds. The Morgan fingerprint density at radius 2 is 1.67 bits per heavy atom. The van der Waals surface area contributed by atoms with Gasteiger partial charge in [-0.15, -0.1) is 0 Å². The van der Waals surface area contributed by atoms with E-state index in [0.29, 0.717) is 36.9 Å². The van der Waals surface area contributed by atoms with Crippen LogP contribution in [-0.2, 0) is 14.3 Å². The molecule has 0 aromatic rings. The smallest absolute Gasteiger partial charge is 0.308 e. The number of nitrogens with zero attached hydrogens (tertiary/aromatic N) is 2. The third kappa shape index (κ3) is 7.54. The van der Waals surface area contributed by atoms with Gasteiger partial charge in [-0.05, 0) is 29.6 Å². The molecular weight excluding hydrogens is 416 g/mol. The summed E-state index contributed by atoms with van der Waals surface area (Å²) in [6.45, 7) is 20.0. The van der Waals surface area contributed by atoms with Gasteiger partial charge in [0.15, 0.2) is 0 Å².